The van der Waals surface area contributed by atoms with E-state index in [9.17, 15) is 0 Å². The van der Waals surface area contributed by atoms with Gasteiger partial charge < -0.3 is 10.8 Å². The second-order valence-electron chi connectivity index (χ2n) is 4.57. The van der Waals surface area contributed by atoms with Crippen molar-refractivity contribution in [1.82, 2.24) is 4.90 Å². The fourth-order valence-corrected chi connectivity index (χ4v) is 2.51. The van der Waals surface area contributed by atoms with E-state index in [1.807, 2.05) is 0 Å². The van der Waals surface area contributed by atoms with E-state index in [4.69, 9.17) is 10.8 Å². The molecule has 2 fully saturated rings. The molecule has 1 atom stereocenters. The zero-order valence-corrected chi connectivity index (χ0v) is 8.15. The average Bonchev–Trinajstić information content (AvgIpc) is 2.13. The quantitative estimate of drug-likeness (QED) is 0.643. The van der Waals surface area contributed by atoms with Crippen LogP contribution >= 0.6 is 0 Å². The molecule has 1 saturated carbocycles. The van der Waals surface area contributed by atoms with Gasteiger partial charge in [-0.05, 0) is 38.1 Å². The van der Waals surface area contributed by atoms with Crippen LogP contribution in [0.4, 0.5) is 0 Å². The number of hydrogen-bond donors (Lipinski definition) is 2. The van der Waals surface area contributed by atoms with Crippen molar-refractivity contribution < 1.29 is 5.11 Å². The number of hydrogen-bond acceptors (Lipinski definition) is 3. The van der Waals surface area contributed by atoms with Crippen LogP contribution < -0.4 is 5.73 Å². The molecule has 2 aliphatic rings. The number of rotatable bonds is 2. The molecule has 0 bridgehead atoms. The lowest BCUT2D eigenvalue weighted by Crippen LogP contribution is -2.53. The first-order valence-corrected chi connectivity index (χ1v) is 5.40. The smallest absolute Gasteiger partial charge is 0.0471 e. The molecule has 0 radical (unpaired) electrons. The highest BCUT2D eigenvalue weighted by Gasteiger charge is 2.33. The Morgan fingerprint density at radius 1 is 1.38 bits per heavy atom. The molecule has 1 unspecified atom stereocenters. The Morgan fingerprint density at radius 2 is 2.15 bits per heavy atom. The van der Waals surface area contributed by atoms with Crippen molar-refractivity contribution >= 4 is 0 Å². The van der Waals surface area contributed by atoms with Crippen LogP contribution in [0.1, 0.15) is 25.7 Å². The molecule has 1 aliphatic heterocycles. The molecule has 1 aliphatic carbocycles. The third kappa shape index (κ3) is 2.03. The highest BCUT2D eigenvalue weighted by atomic mass is 16.3. The number of nitrogens with two attached hydrogens (primary N) is 1. The normalized spacial score (nSPS) is 41.5. The fraction of sp³-hybridized carbons (Fsp3) is 1.00. The third-order valence-electron chi connectivity index (χ3n) is 3.47. The zero-order valence-electron chi connectivity index (χ0n) is 8.15. The van der Waals surface area contributed by atoms with E-state index in [0.717, 1.165) is 25.4 Å². The van der Waals surface area contributed by atoms with Gasteiger partial charge in [-0.3, -0.25) is 4.90 Å². The van der Waals surface area contributed by atoms with Gasteiger partial charge in [-0.2, -0.15) is 0 Å². The van der Waals surface area contributed by atoms with Gasteiger partial charge >= 0.3 is 0 Å². The Hall–Kier alpha value is -0.120. The van der Waals surface area contributed by atoms with Crippen LogP contribution in [0.25, 0.3) is 0 Å². The van der Waals surface area contributed by atoms with Gasteiger partial charge in [0.15, 0.2) is 0 Å². The fourth-order valence-electron chi connectivity index (χ4n) is 2.51. The molecule has 2 rings (SSSR count). The minimum absolute atomic E-state index is 0.356. The molecule has 0 amide bonds. The summed E-state index contributed by atoms with van der Waals surface area (Å²) in [6.45, 7) is 2.66. The van der Waals surface area contributed by atoms with E-state index in [1.165, 1.54) is 19.4 Å². The van der Waals surface area contributed by atoms with Crippen LogP contribution in [-0.2, 0) is 0 Å². The van der Waals surface area contributed by atoms with Crippen molar-refractivity contribution in [3.8, 4) is 0 Å². The van der Waals surface area contributed by atoms with E-state index in [0.29, 0.717) is 18.6 Å². The Bertz CT molecular complexity index is 168. The van der Waals surface area contributed by atoms with Gasteiger partial charge in [0.05, 0.1) is 0 Å². The van der Waals surface area contributed by atoms with Gasteiger partial charge in [0.25, 0.3) is 0 Å². The largest absolute Gasteiger partial charge is 0.396 e. The maximum atomic E-state index is 9.08. The van der Waals surface area contributed by atoms with Crippen molar-refractivity contribution in [2.75, 3.05) is 19.7 Å². The summed E-state index contributed by atoms with van der Waals surface area (Å²) in [7, 11) is 0. The Balaban J connectivity index is 1.79. The summed E-state index contributed by atoms with van der Waals surface area (Å²) in [6.07, 6.45) is 4.78. The van der Waals surface area contributed by atoms with Crippen LogP contribution in [0.3, 0.4) is 0 Å². The number of aliphatic hydroxyl groups is 1. The molecule has 0 aromatic carbocycles. The molecule has 3 heteroatoms. The summed E-state index contributed by atoms with van der Waals surface area (Å²) in [4.78, 5) is 2.52. The first-order valence-electron chi connectivity index (χ1n) is 5.40. The Labute approximate surface area is 79.9 Å². The summed E-state index contributed by atoms with van der Waals surface area (Å²) in [5.41, 5.74) is 5.77. The van der Waals surface area contributed by atoms with Gasteiger partial charge in [-0.25, -0.2) is 0 Å². The molecular weight excluding hydrogens is 164 g/mol. The van der Waals surface area contributed by atoms with E-state index in [-0.39, 0.29) is 0 Å². The molecule has 0 aromatic rings. The summed E-state index contributed by atoms with van der Waals surface area (Å²) < 4.78 is 0. The van der Waals surface area contributed by atoms with E-state index in [2.05, 4.69) is 4.90 Å². The average molecular weight is 184 g/mol. The van der Waals surface area contributed by atoms with Crippen molar-refractivity contribution in [2.45, 2.75) is 37.8 Å². The maximum absolute atomic E-state index is 9.08. The van der Waals surface area contributed by atoms with E-state index < -0.39 is 0 Å². The molecule has 76 valence electrons. The highest BCUT2D eigenvalue weighted by molar-refractivity contribution is 4.91. The SMILES string of the molecule is NC1CC(N2CCCC(CO)C2)C1. The van der Waals surface area contributed by atoms with Crippen LogP contribution in [-0.4, -0.2) is 41.8 Å². The monoisotopic (exact) mass is 184 g/mol. The van der Waals surface area contributed by atoms with Gasteiger partial charge in [0.2, 0.25) is 0 Å². The molecule has 3 N–H and O–H groups in total. The summed E-state index contributed by atoms with van der Waals surface area (Å²) >= 11 is 0. The first-order chi connectivity index (χ1) is 6.29. The first kappa shape index (κ1) is 9.44. The van der Waals surface area contributed by atoms with Crippen molar-refractivity contribution in [1.29, 1.82) is 0 Å². The molecule has 0 spiro atoms. The molecule has 3 nitrogen and oxygen atoms in total. The van der Waals surface area contributed by atoms with Crippen molar-refractivity contribution in [3.05, 3.63) is 0 Å². The second-order valence-corrected chi connectivity index (χ2v) is 4.57. The van der Waals surface area contributed by atoms with Gasteiger partial charge in [-0.1, -0.05) is 0 Å². The minimum atomic E-state index is 0.356. The maximum Gasteiger partial charge on any atom is 0.0471 e. The summed E-state index contributed by atoms with van der Waals surface area (Å²) in [5, 5.41) is 9.08. The predicted molar refractivity (Wildman–Crippen MR) is 52.4 cm³/mol. The van der Waals surface area contributed by atoms with Crippen LogP contribution in [0.2, 0.25) is 0 Å². The Morgan fingerprint density at radius 3 is 2.77 bits per heavy atom. The van der Waals surface area contributed by atoms with Gasteiger partial charge in [0, 0.05) is 25.2 Å². The van der Waals surface area contributed by atoms with Crippen molar-refractivity contribution in [2.24, 2.45) is 11.7 Å². The predicted octanol–water partition coefficient (Wildman–Crippen LogP) is 0.180. The zero-order chi connectivity index (χ0) is 9.26. The number of likely N-dealkylation sites (tertiary alicyclic amines) is 1. The van der Waals surface area contributed by atoms with Gasteiger partial charge in [0.1, 0.15) is 0 Å². The van der Waals surface area contributed by atoms with E-state index in [1.54, 1.807) is 0 Å². The lowest BCUT2D eigenvalue weighted by molar-refractivity contribution is 0.0474. The summed E-state index contributed by atoms with van der Waals surface area (Å²) in [6, 6.07) is 1.17. The molecule has 1 heterocycles. The lowest BCUT2D eigenvalue weighted by atomic mass is 9.84. The lowest BCUT2D eigenvalue weighted by Gasteiger charge is -2.44. The molecule has 0 aromatic heterocycles. The second kappa shape index (κ2) is 3.95. The topological polar surface area (TPSA) is 49.5 Å². The van der Waals surface area contributed by atoms with Gasteiger partial charge in [-0.15, -0.1) is 0 Å². The highest BCUT2D eigenvalue weighted by Crippen LogP contribution is 2.28. The number of aliphatic hydroxyl groups excluding tert-OH is 1. The Kier molecular flexibility index (Phi) is 2.86. The summed E-state index contributed by atoms with van der Waals surface area (Å²) in [5.74, 6) is 0.519. The molecule has 13 heavy (non-hydrogen) atoms. The van der Waals surface area contributed by atoms with E-state index >= 15 is 0 Å². The molecule has 1 saturated heterocycles. The van der Waals surface area contributed by atoms with Crippen LogP contribution in [0, 0.1) is 5.92 Å². The van der Waals surface area contributed by atoms with Crippen molar-refractivity contribution in [3.63, 3.8) is 0 Å². The number of nitrogens with zero attached hydrogens (tertiary/aromatic N) is 1. The minimum Gasteiger partial charge on any atom is -0.396 e. The van der Waals surface area contributed by atoms with Crippen LogP contribution in [0.5, 0.6) is 0 Å². The third-order valence-corrected chi connectivity index (χ3v) is 3.47. The van der Waals surface area contributed by atoms with Crippen LogP contribution in [0.15, 0.2) is 0 Å². The standard InChI is InChI=1S/C10H20N2O/c11-9-4-10(5-9)12-3-1-2-8(6-12)7-13/h8-10,13H,1-7,11H2. The number of piperidine rings is 1. The molecular formula is C10H20N2O.